The molecule has 1 heterocycles. The number of Topliss-reactive ketones (excluding diaryl/α,β-unsaturated/α-hetero) is 1. The Morgan fingerprint density at radius 3 is 2.44 bits per heavy atom. The number of carbonyl (C=O) groups excluding carboxylic acids is 2. The Morgan fingerprint density at radius 2 is 1.94 bits per heavy atom. The molecular formula is C14H19NO3. The van der Waals surface area contributed by atoms with Gasteiger partial charge in [0.25, 0.3) is 0 Å². The Kier molecular flexibility index (Phi) is 4.22. The van der Waals surface area contributed by atoms with E-state index >= 15 is 0 Å². The standard InChI is InChI=1S/C14H19NO3/c1-9-7-6-8-15-11(9)12(16)10(2)13(17)18-14(3,4)5/h6-8,10H,1-5H3. The van der Waals surface area contributed by atoms with Crippen LogP contribution in [0.15, 0.2) is 18.3 Å². The van der Waals surface area contributed by atoms with E-state index in [4.69, 9.17) is 4.74 Å². The number of hydrogen-bond donors (Lipinski definition) is 0. The maximum Gasteiger partial charge on any atom is 0.317 e. The molecule has 1 aromatic heterocycles. The SMILES string of the molecule is Cc1cccnc1C(=O)C(C)C(=O)OC(C)(C)C. The van der Waals surface area contributed by atoms with Crippen molar-refractivity contribution in [2.75, 3.05) is 0 Å². The van der Waals surface area contributed by atoms with Gasteiger partial charge in [0.2, 0.25) is 0 Å². The lowest BCUT2D eigenvalue weighted by Gasteiger charge is -2.21. The van der Waals surface area contributed by atoms with Crippen molar-refractivity contribution in [2.45, 2.75) is 40.2 Å². The summed E-state index contributed by atoms with van der Waals surface area (Å²) in [6.07, 6.45) is 1.54. The lowest BCUT2D eigenvalue weighted by Crippen LogP contribution is -2.31. The number of rotatable bonds is 3. The molecule has 0 fully saturated rings. The summed E-state index contributed by atoms with van der Waals surface area (Å²) in [4.78, 5) is 28.0. The van der Waals surface area contributed by atoms with Gasteiger partial charge in [-0.3, -0.25) is 14.6 Å². The second-order valence-corrected chi connectivity index (χ2v) is 5.29. The predicted molar refractivity (Wildman–Crippen MR) is 68.3 cm³/mol. The quantitative estimate of drug-likeness (QED) is 0.469. The number of ketones is 1. The van der Waals surface area contributed by atoms with Gasteiger partial charge < -0.3 is 4.74 Å². The summed E-state index contributed by atoms with van der Waals surface area (Å²) in [5.74, 6) is -1.65. The van der Waals surface area contributed by atoms with Crippen LogP contribution in [0.4, 0.5) is 0 Å². The minimum absolute atomic E-state index is 0.303. The molecule has 0 N–H and O–H groups in total. The van der Waals surface area contributed by atoms with E-state index in [-0.39, 0.29) is 5.78 Å². The molecule has 1 aromatic rings. The van der Waals surface area contributed by atoms with Gasteiger partial charge in [0.1, 0.15) is 17.2 Å². The Morgan fingerprint density at radius 1 is 1.33 bits per heavy atom. The van der Waals surface area contributed by atoms with Crippen molar-refractivity contribution in [3.63, 3.8) is 0 Å². The van der Waals surface area contributed by atoms with E-state index in [0.29, 0.717) is 5.69 Å². The Bertz CT molecular complexity index is 460. The van der Waals surface area contributed by atoms with Gasteiger partial charge in [-0.1, -0.05) is 6.07 Å². The zero-order valence-corrected chi connectivity index (χ0v) is 11.5. The highest BCUT2D eigenvalue weighted by Gasteiger charge is 2.29. The Balaban J connectivity index is 2.85. The third kappa shape index (κ3) is 3.65. The maximum absolute atomic E-state index is 12.1. The summed E-state index contributed by atoms with van der Waals surface area (Å²) in [6.45, 7) is 8.66. The molecule has 1 unspecified atom stereocenters. The largest absolute Gasteiger partial charge is 0.459 e. The molecule has 1 rings (SSSR count). The molecule has 0 aliphatic carbocycles. The fourth-order valence-corrected chi connectivity index (χ4v) is 1.45. The Hall–Kier alpha value is -1.71. The topological polar surface area (TPSA) is 56.3 Å². The van der Waals surface area contributed by atoms with E-state index in [1.807, 2.05) is 0 Å². The molecule has 1 atom stereocenters. The highest BCUT2D eigenvalue weighted by Crippen LogP contribution is 2.16. The van der Waals surface area contributed by atoms with Gasteiger partial charge in [-0.25, -0.2) is 0 Å². The monoisotopic (exact) mass is 249 g/mol. The molecule has 0 amide bonds. The van der Waals surface area contributed by atoms with Crippen LogP contribution in [0.1, 0.15) is 43.7 Å². The van der Waals surface area contributed by atoms with Gasteiger partial charge in [0.15, 0.2) is 5.78 Å². The van der Waals surface area contributed by atoms with E-state index in [9.17, 15) is 9.59 Å². The molecule has 0 aliphatic rings. The van der Waals surface area contributed by atoms with Crippen molar-refractivity contribution < 1.29 is 14.3 Å². The predicted octanol–water partition coefficient (Wildman–Crippen LogP) is 2.55. The molecule has 0 bridgehead atoms. The second kappa shape index (κ2) is 5.29. The van der Waals surface area contributed by atoms with Crippen molar-refractivity contribution in [3.05, 3.63) is 29.6 Å². The molecule has 4 nitrogen and oxygen atoms in total. The average Bonchev–Trinajstić information content (AvgIpc) is 2.25. The fraction of sp³-hybridized carbons (Fsp3) is 0.500. The summed E-state index contributed by atoms with van der Waals surface area (Å²) in [6, 6.07) is 3.55. The summed E-state index contributed by atoms with van der Waals surface area (Å²) in [7, 11) is 0. The van der Waals surface area contributed by atoms with Crippen LogP contribution in [0.5, 0.6) is 0 Å². The lowest BCUT2D eigenvalue weighted by atomic mass is 10.0. The molecule has 18 heavy (non-hydrogen) atoms. The number of nitrogens with zero attached hydrogens (tertiary/aromatic N) is 1. The molecule has 0 spiro atoms. The van der Waals surface area contributed by atoms with Gasteiger partial charge in [-0.2, -0.15) is 0 Å². The van der Waals surface area contributed by atoms with E-state index < -0.39 is 17.5 Å². The van der Waals surface area contributed by atoms with Crippen LogP contribution in [0.3, 0.4) is 0 Å². The molecule has 98 valence electrons. The van der Waals surface area contributed by atoms with Crippen LogP contribution in [0.25, 0.3) is 0 Å². The molecular weight excluding hydrogens is 230 g/mol. The van der Waals surface area contributed by atoms with Gasteiger partial charge in [0.05, 0.1) is 0 Å². The van der Waals surface area contributed by atoms with Gasteiger partial charge in [-0.15, -0.1) is 0 Å². The summed E-state index contributed by atoms with van der Waals surface area (Å²) in [5, 5.41) is 0. The van der Waals surface area contributed by atoms with Crippen molar-refractivity contribution in [2.24, 2.45) is 5.92 Å². The lowest BCUT2D eigenvalue weighted by molar-refractivity contribution is -0.157. The number of carbonyl (C=O) groups is 2. The third-order valence-electron chi connectivity index (χ3n) is 2.40. The first kappa shape index (κ1) is 14.4. The van der Waals surface area contributed by atoms with Crippen molar-refractivity contribution >= 4 is 11.8 Å². The van der Waals surface area contributed by atoms with Crippen LogP contribution in [0, 0.1) is 12.8 Å². The first-order valence-electron chi connectivity index (χ1n) is 5.91. The molecule has 0 saturated carbocycles. The maximum atomic E-state index is 12.1. The van der Waals surface area contributed by atoms with Crippen molar-refractivity contribution in [1.29, 1.82) is 0 Å². The number of aryl methyl sites for hydroxylation is 1. The highest BCUT2D eigenvalue weighted by atomic mass is 16.6. The van der Waals surface area contributed by atoms with E-state index in [1.54, 1.807) is 52.9 Å². The first-order valence-corrected chi connectivity index (χ1v) is 5.91. The molecule has 0 saturated heterocycles. The van der Waals surface area contributed by atoms with Crippen molar-refractivity contribution in [1.82, 2.24) is 4.98 Å². The summed E-state index contributed by atoms with van der Waals surface area (Å²) < 4.78 is 5.19. The molecule has 0 aromatic carbocycles. The van der Waals surface area contributed by atoms with Gasteiger partial charge in [0, 0.05) is 6.20 Å². The second-order valence-electron chi connectivity index (χ2n) is 5.29. The minimum Gasteiger partial charge on any atom is -0.459 e. The zero-order valence-electron chi connectivity index (χ0n) is 11.5. The summed E-state index contributed by atoms with van der Waals surface area (Å²) >= 11 is 0. The van der Waals surface area contributed by atoms with Crippen LogP contribution in [-0.4, -0.2) is 22.3 Å². The van der Waals surface area contributed by atoms with Crippen LogP contribution in [0.2, 0.25) is 0 Å². The number of pyridine rings is 1. The fourth-order valence-electron chi connectivity index (χ4n) is 1.45. The average molecular weight is 249 g/mol. The highest BCUT2D eigenvalue weighted by molar-refractivity contribution is 6.07. The molecule has 4 heteroatoms. The molecule has 0 radical (unpaired) electrons. The minimum atomic E-state index is -0.835. The van der Waals surface area contributed by atoms with Crippen LogP contribution < -0.4 is 0 Å². The third-order valence-corrected chi connectivity index (χ3v) is 2.40. The van der Waals surface area contributed by atoms with Crippen LogP contribution >= 0.6 is 0 Å². The smallest absolute Gasteiger partial charge is 0.317 e. The first-order chi connectivity index (χ1) is 8.22. The number of ether oxygens (including phenoxy) is 1. The van der Waals surface area contributed by atoms with E-state index in [0.717, 1.165) is 5.56 Å². The number of hydrogen-bond acceptors (Lipinski definition) is 4. The van der Waals surface area contributed by atoms with E-state index in [2.05, 4.69) is 4.98 Å². The van der Waals surface area contributed by atoms with Gasteiger partial charge in [-0.05, 0) is 46.2 Å². The number of aromatic nitrogens is 1. The number of esters is 1. The van der Waals surface area contributed by atoms with Crippen LogP contribution in [-0.2, 0) is 9.53 Å². The van der Waals surface area contributed by atoms with Gasteiger partial charge >= 0.3 is 5.97 Å². The summed E-state index contributed by atoms with van der Waals surface area (Å²) in [5.41, 5.74) is 0.499. The molecule has 0 aliphatic heterocycles. The Labute approximate surface area is 107 Å². The van der Waals surface area contributed by atoms with E-state index in [1.165, 1.54) is 0 Å². The zero-order chi connectivity index (χ0) is 13.9. The van der Waals surface area contributed by atoms with Crippen molar-refractivity contribution in [3.8, 4) is 0 Å². The normalized spacial score (nSPS) is 12.9.